The van der Waals surface area contributed by atoms with Crippen LogP contribution in [0.25, 0.3) is 10.8 Å². The monoisotopic (exact) mass is 285 g/mol. The van der Waals surface area contributed by atoms with Crippen molar-refractivity contribution in [1.82, 2.24) is 0 Å². The molecule has 2 aromatic carbocycles. The lowest BCUT2D eigenvalue weighted by Crippen LogP contribution is -2.01. The van der Waals surface area contributed by atoms with Crippen LogP contribution in [0.3, 0.4) is 0 Å². The normalized spacial score (nSPS) is 10.5. The fourth-order valence-corrected chi connectivity index (χ4v) is 2.21. The second-order valence-corrected chi connectivity index (χ2v) is 4.99. The molecule has 0 radical (unpaired) electrons. The number of rotatable bonds is 9. The maximum absolute atomic E-state index is 7.17. The first-order valence-electron chi connectivity index (χ1n) is 7.27. The molecule has 0 bridgehead atoms. The molecule has 0 heterocycles. The average molecular weight is 285 g/mol. The van der Waals surface area contributed by atoms with Crippen LogP contribution in [0, 0.1) is 11.1 Å². The summed E-state index contributed by atoms with van der Waals surface area (Å²) in [5.41, 5.74) is 13.8. The molecule has 0 aliphatic rings. The summed E-state index contributed by atoms with van der Waals surface area (Å²) in [6, 6.07) is 14.4. The Hall–Kier alpha value is -2.30. The minimum Gasteiger partial charge on any atom is -0.494 e. The Morgan fingerprint density at radius 1 is 0.952 bits per heavy atom. The lowest BCUT2D eigenvalue weighted by atomic mass is 10.1. The van der Waals surface area contributed by atoms with Gasteiger partial charge in [-0.2, -0.15) is 0 Å². The Balaban J connectivity index is 1.66. The van der Waals surface area contributed by atoms with Crippen LogP contribution in [0.4, 0.5) is 0 Å². The van der Waals surface area contributed by atoms with E-state index < -0.39 is 0 Å². The molecule has 0 aliphatic carbocycles. The number of unbranched alkanes of at least 4 members (excludes halogenated alkanes) is 3. The van der Waals surface area contributed by atoms with E-state index in [1.54, 1.807) is 0 Å². The second-order valence-electron chi connectivity index (χ2n) is 4.99. The highest BCUT2D eigenvalue weighted by Gasteiger charge is 1.99. The molecule has 0 fully saturated rings. The summed E-state index contributed by atoms with van der Waals surface area (Å²) in [7, 11) is 0. The summed E-state index contributed by atoms with van der Waals surface area (Å²) >= 11 is 0. The molecule has 2 aromatic rings. The Bertz CT molecular complexity index is 612. The third kappa shape index (κ3) is 4.95. The van der Waals surface area contributed by atoms with E-state index in [1.807, 2.05) is 18.2 Å². The zero-order valence-electron chi connectivity index (χ0n) is 12.1. The van der Waals surface area contributed by atoms with Gasteiger partial charge in [0.25, 0.3) is 0 Å². The van der Waals surface area contributed by atoms with Crippen LogP contribution in [-0.2, 0) is 0 Å². The molecule has 0 unspecified atom stereocenters. The predicted molar refractivity (Wildman–Crippen MR) is 80.9 cm³/mol. The first-order valence-corrected chi connectivity index (χ1v) is 7.27. The Labute approximate surface area is 124 Å². The van der Waals surface area contributed by atoms with Gasteiger partial charge in [0.15, 0.2) is 5.22 Å². The Morgan fingerprint density at radius 3 is 2.52 bits per heavy atom. The van der Waals surface area contributed by atoms with E-state index in [0.717, 1.165) is 36.2 Å². The maximum atomic E-state index is 7.17. The molecule has 0 saturated carbocycles. The van der Waals surface area contributed by atoms with Gasteiger partial charge in [0, 0.05) is 5.53 Å². The molecule has 0 spiro atoms. The summed E-state index contributed by atoms with van der Waals surface area (Å²) < 4.78 is 5.77. The van der Waals surface area contributed by atoms with Gasteiger partial charge in [0.05, 0.1) is 6.61 Å². The van der Waals surface area contributed by atoms with Crippen molar-refractivity contribution in [3.05, 3.63) is 42.5 Å². The van der Waals surface area contributed by atoms with Gasteiger partial charge in [0.2, 0.25) is 0 Å². The van der Waals surface area contributed by atoms with E-state index in [1.165, 1.54) is 10.8 Å². The molecular weight excluding hydrogens is 264 g/mol. The lowest BCUT2D eigenvalue weighted by Gasteiger charge is -2.07. The molecule has 2 N–H and O–H groups in total. The standard InChI is InChI=1S/C16H21N4O/c17-19-20(18)11-5-1-2-6-12-21-16-10-9-14-7-3-4-8-15(14)13-16/h3-4,7-10,13,17-18H,1-2,5-6,11-12H2/q+1. The quantitative estimate of drug-likeness (QED) is 0.296. The second kappa shape index (κ2) is 8.09. The van der Waals surface area contributed by atoms with Gasteiger partial charge in [-0.1, -0.05) is 30.3 Å². The lowest BCUT2D eigenvalue weighted by molar-refractivity contribution is -0.630. The molecule has 21 heavy (non-hydrogen) atoms. The van der Waals surface area contributed by atoms with Crippen molar-refractivity contribution in [1.29, 1.82) is 11.1 Å². The van der Waals surface area contributed by atoms with Crippen molar-refractivity contribution >= 4 is 10.8 Å². The highest BCUT2D eigenvalue weighted by Crippen LogP contribution is 2.20. The molecule has 0 aliphatic heterocycles. The summed E-state index contributed by atoms with van der Waals surface area (Å²) in [6.07, 6.45) is 4.00. The molecule has 2 rings (SSSR count). The van der Waals surface area contributed by atoms with Gasteiger partial charge in [-0.3, -0.25) is 0 Å². The SMILES string of the molecule is N=N[N+](=N)CCCCCCOc1ccc2ccccc2c1. The van der Waals surface area contributed by atoms with Crippen molar-refractivity contribution in [3.8, 4) is 5.75 Å². The van der Waals surface area contributed by atoms with Crippen molar-refractivity contribution in [2.45, 2.75) is 25.7 Å². The average Bonchev–Trinajstić information content (AvgIpc) is 2.53. The number of fused-ring (bicyclic) bond motifs is 1. The van der Waals surface area contributed by atoms with Gasteiger partial charge < -0.3 is 4.74 Å². The van der Waals surface area contributed by atoms with Gasteiger partial charge in [-0.25, -0.2) is 0 Å². The van der Waals surface area contributed by atoms with Crippen LogP contribution in [-0.4, -0.2) is 18.0 Å². The largest absolute Gasteiger partial charge is 0.494 e. The number of nitrogens with zero attached hydrogens (tertiary/aromatic N) is 2. The Kier molecular flexibility index (Phi) is 5.82. The molecule has 0 saturated heterocycles. The van der Waals surface area contributed by atoms with Crippen LogP contribution in [0.15, 0.2) is 47.7 Å². The summed E-state index contributed by atoms with van der Waals surface area (Å²) in [6.45, 7) is 1.24. The highest BCUT2D eigenvalue weighted by atomic mass is 16.5. The minimum atomic E-state index is 0.523. The zero-order chi connectivity index (χ0) is 14.9. The number of benzene rings is 2. The van der Waals surface area contributed by atoms with E-state index in [4.69, 9.17) is 15.8 Å². The molecule has 0 amide bonds. The van der Waals surface area contributed by atoms with Crippen LogP contribution in [0.1, 0.15) is 25.7 Å². The molecule has 0 aromatic heterocycles. The Morgan fingerprint density at radius 2 is 1.71 bits per heavy atom. The number of nitrogens with one attached hydrogen (secondary N) is 2. The van der Waals surface area contributed by atoms with Crippen molar-refractivity contribution < 1.29 is 9.54 Å². The van der Waals surface area contributed by atoms with E-state index in [9.17, 15) is 0 Å². The van der Waals surface area contributed by atoms with Gasteiger partial charge in [0.1, 0.15) is 12.3 Å². The fraction of sp³-hybridized carbons (Fsp3) is 0.375. The van der Waals surface area contributed by atoms with Gasteiger partial charge in [-0.15, -0.1) is 5.53 Å². The van der Waals surface area contributed by atoms with Crippen LogP contribution in [0.2, 0.25) is 0 Å². The highest BCUT2D eigenvalue weighted by molar-refractivity contribution is 5.83. The van der Waals surface area contributed by atoms with Crippen LogP contribution in [0.5, 0.6) is 5.75 Å². The van der Waals surface area contributed by atoms with E-state index >= 15 is 0 Å². The first kappa shape index (κ1) is 15.1. The van der Waals surface area contributed by atoms with Crippen molar-refractivity contribution in [2.24, 2.45) is 5.22 Å². The fourth-order valence-electron chi connectivity index (χ4n) is 2.21. The molecule has 5 nitrogen and oxygen atoms in total. The van der Waals surface area contributed by atoms with Crippen LogP contribution >= 0.6 is 0 Å². The first-order chi connectivity index (χ1) is 10.3. The molecule has 110 valence electrons. The topological polar surface area (TPSA) is 72.3 Å². The maximum Gasteiger partial charge on any atom is 0.150 e. The molecule has 0 atom stereocenters. The van der Waals surface area contributed by atoms with Gasteiger partial charge in [-0.05, 0) is 53.4 Å². The third-order valence-corrected chi connectivity index (χ3v) is 3.37. The van der Waals surface area contributed by atoms with Crippen molar-refractivity contribution in [3.63, 3.8) is 0 Å². The number of hydrogen-bond donors (Lipinski definition) is 2. The predicted octanol–water partition coefficient (Wildman–Crippen LogP) is 4.77. The molecule has 5 heteroatoms. The minimum absolute atomic E-state index is 0.523. The summed E-state index contributed by atoms with van der Waals surface area (Å²) in [5.74, 6) is 0.916. The van der Waals surface area contributed by atoms with E-state index in [-0.39, 0.29) is 0 Å². The summed E-state index contributed by atoms with van der Waals surface area (Å²) in [4.78, 5) is 0.908. The number of hydrogen-bond acceptors (Lipinski definition) is 3. The van der Waals surface area contributed by atoms with Gasteiger partial charge >= 0.3 is 0 Å². The zero-order valence-corrected chi connectivity index (χ0v) is 12.1. The van der Waals surface area contributed by atoms with E-state index in [2.05, 4.69) is 29.5 Å². The summed E-state index contributed by atoms with van der Waals surface area (Å²) in [5, 5.41) is 5.44. The van der Waals surface area contributed by atoms with Crippen molar-refractivity contribution in [2.75, 3.05) is 13.2 Å². The smallest absolute Gasteiger partial charge is 0.150 e. The van der Waals surface area contributed by atoms with E-state index in [0.29, 0.717) is 13.2 Å². The number of ether oxygens (including phenoxy) is 1. The molecular formula is C16H21N4O+. The van der Waals surface area contributed by atoms with Crippen LogP contribution < -0.4 is 4.74 Å². The third-order valence-electron chi connectivity index (χ3n) is 3.37.